The molecular formula is C10H15N3. The summed E-state index contributed by atoms with van der Waals surface area (Å²) in [7, 11) is 1.92. The van der Waals surface area contributed by atoms with Crippen LogP contribution in [0, 0.1) is 0 Å². The molecule has 0 radical (unpaired) electrons. The Morgan fingerprint density at radius 2 is 2.38 bits per heavy atom. The van der Waals surface area contributed by atoms with Gasteiger partial charge in [0.25, 0.3) is 0 Å². The Hall–Kier alpha value is -0.960. The first kappa shape index (κ1) is 8.63. The number of hydrogen-bond acceptors (Lipinski definition) is 3. The zero-order chi connectivity index (χ0) is 9.10. The van der Waals surface area contributed by atoms with Gasteiger partial charge < -0.3 is 5.32 Å². The lowest BCUT2D eigenvalue weighted by Crippen LogP contribution is -2.14. The van der Waals surface area contributed by atoms with E-state index >= 15 is 0 Å². The third kappa shape index (κ3) is 1.86. The Labute approximate surface area is 78.6 Å². The fraction of sp³-hybridized carbons (Fsp3) is 0.600. The Morgan fingerprint density at radius 3 is 3.00 bits per heavy atom. The van der Waals surface area contributed by atoms with Gasteiger partial charge in [-0.15, -0.1) is 0 Å². The van der Waals surface area contributed by atoms with Gasteiger partial charge in [0, 0.05) is 17.8 Å². The first-order valence-electron chi connectivity index (χ1n) is 4.86. The zero-order valence-corrected chi connectivity index (χ0v) is 7.95. The Morgan fingerprint density at radius 1 is 1.54 bits per heavy atom. The highest BCUT2D eigenvalue weighted by molar-refractivity contribution is 5.11. The number of nitrogens with zero attached hydrogens (tertiary/aromatic N) is 2. The molecule has 2 rings (SSSR count). The lowest BCUT2D eigenvalue weighted by atomic mass is 9.83. The van der Waals surface area contributed by atoms with E-state index in [-0.39, 0.29) is 0 Å². The minimum Gasteiger partial charge on any atom is -0.313 e. The molecule has 1 saturated carbocycles. The molecule has 0 bridgehead atoms. The third-order valence-corrected chi connectivity index (χ3v) is 2.59. The molecule has 0 unspecified atom stereocenters. The molecule has 0 aromatic carbocycles. The van der Waals surface area contributed by atoms with Crippen molar-refractivity contribution in [2.45, 2.75) is 31.7 Å². The molecule has 13 heavy (non-hydrogen) atoms. The number of aromatic nitrogens is 2. The molecule has 1 heterocycles. The SMILES string of the molecule is CNCc1nccc(C2CCC2)n1. The van der Waals surface area contributed by atoms with Gasteiger partial charge in [-0.2, -0.15) is 0 Å². The van der Waals surface area contributed by atoms with Gasteiger partial charge in [0.05, 0.1) is 6.54 Å². The molecule has 0 saturated heterocycles. The van der Waals surface area contributed by atoms with Crippen LogP contribution in [-0.2, 0) is 6.54 Å². The second kappa shape index (κ2) is 3.83. The lowest BCUT2D eigenvalue weighted by Gasteiger charge is -2.24. The van der Waals surface area contributed by atoms with Gasteiger partial charge in [0.2, 0.25) is 0 Å². The van der Waals surface area contributed by atoms with Gasteiger partial charge in [-0.05, 0) is 26.0 Å². The van der Waals surface area contributed by atoms with E-state index in [2.05, 4.69) is 15.3 Å². The van der Waals surface area contributed by atoms with Crippen molar-refractivity contribution in [1.82, 2.24) is 15.3 Å². The molecular weight excluding hydrogens is 162 g/mol. The molecule has 0 spiro atoms. The monoisotopic (exact) mass is 177 g/mol. The van der Waals surface area contributed by atoms with Crippen molar-refractivity contribution in [2.24, 2.45) is 0 Å². The highest BCUT2D eigenvalue weighted by Gasteiger charge is 2.20. The number of hydrogen-bond donors (Lipinski definition) is 1. The molecule has 70 valence electrons. The molecule has 1 aliphatic carbocycles. The molecule has 0 amide bonds. The maximum Gasteiger partial charge on any atom is 0.142 e. The smallest absolute Gasteiger partial charge is 0.142 e. The van der Waals surface area contributed by atoms with E-state index in [1.807, 2.05) is 19.3 Å². The molecule has 1 N–H and O–H groups in total. The van der Waals surface area contributed by atoms with Crippen LogP contribution in [0.2, 0.25) is 0 Å². The van der Waals surface area contributed by atoms with Crippen LogP contribution in [0.4, 0.5) is 0 Å². The van der Waals surface area contributed by atoms with E-state index in [1.54, 1.807) is 0 Å². The quantitative estimate of drug-likeness (QED) is 0.759. The third-order valence-electron chi connectivity index (χ3n) is 2.59. The van der Waals surface area contributed by atoms with E-state index < -0.39 is 0 Å². The van der Waals surface area contributed by atoms with Gasteiger partial charge in [-0.25, -0.2) is 9.97 Å². The lowest BCUT2D eigenvalue weighted by molar-refractivity contribution is 0.409. The summed E-state index contributed by atoms with van der Waals surface area (Å²) in [5.41, 5.74) is 1.23. The molecule has 1 fully saturated rings. The molecule has 0 atom stereocenters. The van der Waals surface area contributed by atoms with Crippen molar-refractivity contribution >= 4 is 0 Å². The van der Waals surface area contributed by atoms with Crippen molar-refractivity contribution in [2.75, 3.05) is 7.05 Å². The van der Waals surface area contributed by atoms with Crippen molar-refractivity contribution in [3.05, 3.63) is 23.8 Å². The summed E-state index contributed by atoms with van der Waals surface area (Å²) in [6.45, 7) is 0.764. The summed E-state index contributed by atoms with van der Waals surface area (Å²) in [6, 6.07) is 2.04. The normalized spacial score (nSPS) is 17.0. The Balaban J connectivity index is 2.11. The van der Waals surface area contributed by atoms with Gasteiger partial charge in [-0.1, -0.05) is 6.42 Å². The van der Waals surface area contributed by atoms with Crippen molar-refractivity contribution in [1.29, 1.82) is 0 Å². The first-order valence-corrected chi connectivity index (χ1v) is 4.86. The van der Waals surface area contributed by atoms with Gasteiger partial charge >= 0.3 is 0 Å². The number of rotatable bonds is 3. The summed E-state index contributed by atoms with van der Waals surface area (Å²) in [5, 5.41) is 3.06. The highest BCUT2D eigenvalue weighted by Crippen LogP contribution is 2.34. The Bertz CT molecular complexity index is 281. The van der Waals surface area contributed by atoms with Crippen LogP contribution < -0.4 is 5.32 Å². The van der Waals surface area contributed by atoms with Gasteiger partial charge in [0.15, 0.2) is 0 Å². The minimum absolute atomic E-state index is 0.707. The van der Waals surface area contributed by atoms with E-state index in [1.165, 1.54) is 25.0 Å². The molecule has 1 aliphatic rings. The van der Waals surface area contributed by atoms with Crippen molar-refractivity contribution in [3.8, 4) is 0 Å². The van der Waals surface area contributed by atoms with Crippen molar-refractivity contribution in [3.63, 3.8) is 0 Å². The molecule has 1 aromatic heterocycles. The van der Waals surface area contributed by atoms with E-state index in [9.17, 15) is 0 Å². The van der Waals surface area contributed by atoms with Crippen LogP contribution in [0.1, 0.15) is 36.7 Å². The summed E-state index contributed by atoms with van der Waals surface area (Å²) in [4.78, 5) is 8.71. The van der Waals surface area contributed by atoms with Crippen LogP contribution in [0.5, 0.6) is 0 Å². The fourth-order valence-corrected chi connectivity index (χ4v) is 1.59. The maximum atomic E-state index is 4.51. The topological polar surface area (TPSA) is 37.8 Å². The highest BCUT2D eigenvalue weighted by atomic mass is 14.9. The number of nitrogens with one attached hydrogen (secondary N) is 1. The zero-order valence-electron chi connectivity index (χ0n) is 7.95. The fourth-order valence-electron chi connectivity index (χ4n) is 1.59. The van der Waals surface area contributed by atoms with E-state index in [4.69, 9.17) is 0 Å². The summed E-state index contributed by atoms with van der Waals surface area (Å²) in [6.07, 6.45) is 5.83. The first-order chi connectivity index (χ1) is 6.40. The second-order valence-electron chi connectivity index (χ2n) is 3.56. The van der Waals surface area contributed by atoms with E-state index in [0.29, 0.717) is 5.92 Å². The largest absolute Gasteiger partial charge is 0.313 e. The predicted octanol–water partition coefficient (Wildman–Crippen LogP) is 1.46. The van der Waals surface area contributed by atoms with Crippen LogP contribution in [0.3, 0.4) is 0 Å². The molecule has 3 nitrogen and oxygen atoms in total. The maximum absolute atomic E-state index is 4.51. The van der Waals surface area contributed by atoms with Crippen molar-refractivity contribution < 1.29 is 0 Å². The predicted molar refractivity (Wildman–Crippen MR) is 51.4 cm³/mol. The summed E-state index contributed by atoms with van der Waals surface area (Å²) < 4.78 is 0. The average molecular weight is 177 g/mol. The van der Waals surface area contributed by atoms with Crippen LogP contribution in [0.25, 0.3) is 0 Å². The van der Waals surface area contributed by atoms with Crippen LogP contribution in [-0.4, -0.2) is 17.0 Å². The molecule has 3 heteroatoms. The average Bonchev–Trinajstić information content (AvgIpc) is 2.02. The van der Waals surface area contributed by atoms with Crippen LogP contribution >= 0.6 is 0 Å². The second-order valence-corrected chi connectivity index (χ2v) is 3.56. The minimum atomic E-state index is 0.707. The molecule has 1 aromatic rings. The summed E-state index contributed by atoms with van der Waals surface area (Å²) >= 11 is 0. The Kier molecular flexibility index (Phi) is 2.54. The summed E-state index contributed by atoms with van der Waals surface area (Å²) in [5.74, 6) is 1.62. The van der Waals surface area contributed by atoms with E-state index in [0.717, 1.165) is 12.4 Å². The van der Waals surface area contributed by atoms with Crippen LogP contribution in [0.15, 0.2) is 12.3 Å². The van der Waals surface area contributed by atoms with Gasteiger partial charge in [0.1, 0.15) is 5.82 Å². The standard InChI is InChI=1S/C10H15N3/c1-11-7-10-12-6-5-9(13-10)8-3-2-4-8/h5-6,8,11H,2-4,7H2,1H3. The molecule has 0 aliphatic heterocycles. The van der Waals surface area contributed by atoms with Gasteiger partial charge in [-0.3, -0.25) is 0 Å².